The van der Waals surface area contributed by atoms with Crippen LogP contribution >= 0.6 is 0 Å². The summed E-state index contributed by atoms with van der Waals surface area (Å²) in [5.41, 5.74) is 1.80. The molecule has 5 nitrogen and oxygen atoms in total. The number of nitrogens with zero attached hydrogens (tertiary/aromatic N) is 3. The normalized spacial score (nSPS) is 11.2. The minimum Gasteiger partial charge on any atom is -0.506 e. The number of aromatic nitrogens is 3. The second-order valence-electron chi connectivity index (χ2n) is 4.73. The molecule has 0 bridgehead atoms. The third-order valence-electron chi connectivity index (χ3n) is 3.04. The molecule has 0 fully saturated rings. The van der Waals surface area contributed by atoms with Gasteiger partial charge in [-0.15, -0.1) is 0 Å². The van der Waals surface area contributed by atoms with E-state index < -0.39 is 0 Å². The molecule has 2 aromatic heterocycles. The topological polar surface area (TPSA) is 72.0 Å². The molecule has 22 heavy (non-hydrogen) atoms. The molecular formula is C16H12FN3O2. The van der Waals surface area contributed by atoms with Crippen molar-refractivity contribution in [3.05, 3.63) is 59.5 Å². The zero-order valence-corrected chi connectivity index (χ0v) is 11.7. The number of hydrogen-bond acceptors (Lipinski definition) is 5. The molecule has 0 unspecified atom stereocenters. The molecule has 0 aliphatic heterocycles. The lowest BCUT2D eigenvalue weighted by Gasteiger charge is -1.97. The molecule has 0 amide bonds. The average molecular weight is 297 g/mol. The molecule has 0 aliphatic rings. The maximum absolute atomic E-state index is 13.5. The van der Waals surface area contributed by atoms with Gasteiger partial charge in [-0.05, 0) is 36.3 Å². The quantitative estimate of drug-likeness (QED) is 0.801. The lowest BCUT2D eigenvalue weighted by molar-refractivity contribution is 0.411. The standard InChI is InChI=1S/C16H12FN3O2/c1-10-2-4-12(7-14(10)17)16-19-15(22-20-16)5-3-11-6-13(21)9-18-8-11/h2-9,21H,1H3/b5-3+. The highest BCUT2D eigenvalue weighted by atomic mass is 19.1. The first-order valence-corrected chi connectivity index (χ1v) is 6.54. The van der Waals surface area contributed by atoms with Crippen LogP contribution in [-0.4, -0.2) is 20.2 Å². The summed E-state index contributed by atoms with van der Waals surface area (Å²) in [5, 5.41) is 13.1. The van der Waals surface area contributed by atoms with Crippen molar-refractivity contribution in [2.45, 2.75) is 6.92 Å². The van der Waals surface area contributed by atoms with Gasteiger partial charge in [0.1, 0.15) is 11.6 Å². The van der Waals surface area contributed by atoms with Crippen molar-refractivity contribution in [3.63, 3.8) is 0 Å². The molecule has 0 saturated carbocycles. The van der Waals surface area contributed by atoms with Gasteiger partial charge in [0.25, 0.3) is 5.89 Å². The summed E-state index contributed by atoms with van der Waals surface area (Å²) in [6, 6.07) is 6.31. The van der Waals surface area contributed by atoms with Crippen LogP contribution in [0.3, 0.4) is 0 Å². The zero-order chi connectivity index (χ0) is 15.5. The van der Waals surface area contributed by atoms with Gasteiger partial charge in [-0.25, -0.2) is 4.39 Å². The number of rotatable bonds is 3. The van der Waals surface area contributed by atoms with Crippen LogP contribution in [0.1, 0.15) is 17.0 Å². The van der Waals surface area contributed by atoms with E-state index >= 15 is 0 Å². The number of aromatic hydroxyl groups is 1. The van der Waals surface area contributed by atoms with E-state index in [9.17, 15) is 9.50 Å². The Balaban J connectivity index is 1.83. The second-order valence-corrected chi connectivity index (χ2v) is 4.73. The predicted octanol–water partition coefficient (Wildman–Crippen LogP) is 3.46. The van der Waals surface area contributed by atoms with Crippen molar-refractivity contribution in [1.82, 2.24) is 15.1 Å². The smallest absolute Gasteiger partial charge is 0.250 e. The van der Waals surface area contributed by atoms with Gasteiger partial charge >= 0.3 is 0 Å². The lowest BCUT2D eigenvalue weighted by Crippen LogP contribution is -1.86. The summed E-state index contributed by atoms with van der Waals surface area (Å²) in [6.07, 6.45) is 6.20. The van der Waals surface area contributed by atoms with Crippen LogP contribution in [-0.2, 0) is 0 Å². The average Bonchev–Trinajstić information content (AvgIpc) is 2.97. The Hall–Kier alpha value is -3.02. The molecule has 0 spiro atoms. The lowest BCUT2D eigenvalue weighted by atomic mass is 10.1. The van der Waals surface area contributed by atoms with Crippen LogP contribution in [0.2, 0.25) is 0 Å². The summed E-state index contributed by atoms with van der Waals surface area (Å²) in [5.74, 6) is 0.348. The minimum absolute atomic E-state index is 0.0727. The van der Waals surface area contributed by atoms with Crippen molar-refractivity contribution >= 4 is 12.2 Å². The van der Waals surface area contributed by atoms with Gasteiger partial charge in [0.05, 0.1) is 6.20 Å². The molecule has 3 rings (SSSR count). The Kier molecular flexibility index (Phi) is 3.65. The molecule has 1 aromatic carbocycles. The third kappa shape index (κ3) is 3.01. The molecular weight excluding hydrogens is 285 g/mol. The monoisotopic (exact) mass is 297 g/mol. The molecule has 0 saturated heterocycles. The van der Waals surface area contributed by atoms with Crippen LogP contribution < -0.4 is 0 Å². The number of benzene rings is 1. The summed E-state index contributed by atoms with van der Waals surface area (Å²) < 4.78 is 18.6. The van der Waals surface area contributed by atoms with E-state index in [-0.39, 0.29) is 17.5 Å². The first kappa shape index (κ1) is 13.9. The Morgan fingerprint density at radius 2 is 2.05 bits per heavy atom. The van der Waals surface area contributed by atoms with Gasteiger partial charge in [-0.3, -0.25) is 4.98 Å². The van der Waals surface area contributed by atoms with Crippen molar-refractivity contribution in [2.24, 2.45) is 0 Å². The number of hydrogen-bond donors (Lipinski definition) is 1. The third-order valence-corrected chi connectivity index (χ3v) is 3.04. The fourth-order valence-corrected chi connectivity index (χ4v) is 1.86. The van der Waals surface area contributed by atoms with Crippen LogP contribution in [0.25, 0.3) is 23.5 Å². The highest BCUT2D eigenvalue weighted by molar-refractivity contribution is 5.67. The SMILES string of the molecule is Cc1ccc(-c2noc(/C=C/c3cncc(O)c3)n2)cc1F. The van der Waals surface area contributed by atoms with E-state index in [1.807, 2.05) is 0 Å². The van der Waals surface area contributed by atoms with E-state index in [0.717, 1.165) is 0 Å². The Bertz CT molecular complexity index is 843. The Morgan fingerprint density at radius 3 is 2.82 bits per heavy atom. The summed E-state index contributed by atoms with van der Waals surface area (Å²) >= 11 is 0. The molecule has 1 N–H and O–H groups in total. The molecule has 0 aliphatic carbocycles. The van der Waals surface area contributed by atoms with Crippen LogP contribution in [0.4, 0.5) is 4.39 Å². The molecule has 0 radical (unpaired) electrons. The van der Waals surface area contributed by atoms with E-state index in [1.165, 1.54) is 12.3 Å². The summed E-state index contributed by atoms with van der Waals surface area (Å²) in [7, 11) is 0. The molecule has 110 valence electrons. The van der Waals surface area contributed by atoms with E-state index in [1.54, 1.807) is 43.5 Å². The maximum atomic E-state index is 13.5. The van der Waals surface area contributed by atoms with Gasteiger partial charge in [-0.2, -0.15) is 4.98 Å². The summed E-state index contributed by atoms with van der Waals surface area (Å²) in [6.45, 7) is 1.69. The van der Waals surface area contributed by atoms with Gasteiger partial charge in [-0.1, -0.05) is 17.3 Å². The van der Waals surface area contributed by atoms with E-state index in [4.69, 9.17) is 4.52 Å². The maximum Gasteiger partial charge on any atom is 0.250 e. The van der Waals surface area contributed by atoms with Gasteiger partial charge in [0.15, 0.2) is 0 Å². The largest absolute Gasteiger partial charge is 0.506 e. The number of halogens is 1. The van der Waals surface area contributed by atoms with Gasteiger partial charge < -0.3 is 9.63 Å². The Labute approximate surface area is 125 Å². The van der Waals surface area contributed by atoms with E-state index in [0.29, 0.717) is 22.5 Å². The molecule has 2 heterocycles. The second kappa shape index (κ2) is 5.77. The first-order valence-electron chi connectivity index (χ1n) is 6.54. The molecule has 6 heteroatoms. The van der Waals surface area contributed by atoms with Crippen molar-refractivity contribution in [2.75, 3.05) is 0 Å². The highest BCUT2D eigenvalue weighted by Crippen LogP contribution is 2.20. The van der Waals surface area contributed by atoms with Crippen molar-refractivity contribution in [3.8, 4) is 17.1 Å². The van der Waals surface area contributed by atoms with E-state index in [2.05, 4.69) is 15.1 Å². The first-order chi connectivity index (χ1) is 10.6. The fourth-order valence-electron chi connectivity index (χ4n) is 1.86. The predicted molar refractivity (Wildman–Crippen MR) is 79.3 cm³/mol. The zero-order valence-electron chi connectivity index (χ0n) is 11.7. The summed E-state index contributed by atoms with van der Waals surface area (Å²) in [4.78, 5) is 8.03. The number of aryl methyl sites for hydroxylation is 1. The van der Waals surface area contributed by atoms with Crippen LogP contribution in [0.5, 0.6) is 5.75 Å². The van der Waals surface area contributed by atoms with Crippen LogP contribution in [0, 0.1) is 12.7 Å². The minimum atomic E-state index is -0.315. The number of pyridine rings is 1. The highest BCUT2D eigenvalue weighted by Gasteiger charge is 2.08. The molecule has 0 atom stereocenters. The molecule has 3 aromatic rings. The van der Waals surface area contributed by atoms with Crippen LogP contribution in [0.15, 0.2) is 41.2 Å². The van der Waals surface area contributed by atoms with Crippen molar-refractivity contribution < 1.29 is 14.0 Å². The Morgan fingerprint density at radius 1 is 1.18 bits per heavy atom. The van der Waals surface area contributed by atoms with Crippen molar-refractivity contribution in [1.29, 1.82) is 0 Å². The fraction of sp³-hybridized carbons (Fsp3) is 0.0625. The van der Waals surface area contributed by atoms with Gasteiger partial charge in [0.2, 0.25) is 5.82 Å². The van der Waals surface area contributed by atoms with Gasteiger partial charge in [0, 0.05) is 17.8 Å².